The number of aliphatic hydroxyl groups is 1. The van der Waals surface area contributed by atoms with Crippen LogP contribution in [0.1, 0.15) is 23.2 Å². The zero-order chi connectivity index (χ0) is 12.9. The van der Waals surface area contributed by atoms with Gasteiger partial charge in [0.05, 0.1) is 11.6 Å². The summed E-state index contributed by atoms with van der Waals surface area (Å²) >= 11 is 6.42. The number of aliphatic hydroxyl groups excluding tert-OH is 1. The summed E-state index contributed by atoms with van der Waals surface area (Å²) in [5, 5.41) is 11.3. The molecule has 4 N–H and O–H groups in total. The molecule has 3 rings (SSSR count). The van der Waals surface area contributed by atoms with Gasteiger partial charge in [-0.1, -0.05) is 17.7 Å². The van der Waals surface area contributed by atoms with Crippen LogP contribution >= 0.6 is 11.6 Å². The van der Waals surface area contributed by atoms with Crippen molar-refractivity contribution in [1.29, 1.82) is 0 Å². The van der Waals surface area contributed by atoms with Crippen LogP contribution in [-0.2, 0) is 12.8 Å². The Balaban J connectivity index is 2.23. The number of hydrogen-bond acceptors (Lipinski definition) is 2. The van der Waals surface area contributed by atoms with Crippen LogP contribution in [0.25, 0.3) is 10.9 Å². The number of nitrogens with two attached hydrogens (primary N) is 1. The predicted octanol–water partition coefficient (Wildman–Crippen LogP) is 2.31. The van der Waals surface area contributed by atoms with Crippen LogP contribution in [0.2, 0.25) is 5.02 Å². The highest BCUT2D eigenvalue weighted by molar-refractivity contribution is 6.36. The van der Waals surface area contributed by atoms with Crippen molar-refractivity contribution in [3.63, 3.8) is 0 Å². The Morgan fingerprint density at radius 1 is 1.50 bits per heavy atom. The Hall–Kier alpha value is -1.03. The predicted molar refractivity (Wildman–Crippen MR) is 74.1 cm³/mol. The van der Waals surface area contributed by atoms with Gasteiger partial charge in [-0.05, 0) is 43.4 Å². The van der Waals surface area contributed by atoms with Gasteiger partial charge < -0.3 is 15.8 Å². The van der Waals surface area contributed by atoms with E-state index in [2.05, 4.69) is 11.1 Å². The zero-order valence-corrected chi connectivity index (χ0v) is 11.1. The van der Waals surface area contributed by atoms with E-state index in [-0.39, 0.29) is 6.61 Å². The molecule has 2 aromatic rings. The summed E-state index contributed by atoms with van der Waals surface area (Å²) in [5.74, 6) is 0. The van der Waals surface area contributed by atoms with Crippen molar-refractivity contribution in [2.75, 3.05) is 6.61 Å². The summed E-state index contributed by atoms with van der Waals surface area (Å²) in [6, 6.07) is 4.08. The number of aromatic amines is 1. The van der Waals surface area contributed by atoms with Gasteiger partial charge in [0.1, 0.15) is 0 Å². The van der Waals surface area contributed by atoms with E-state index in [1.165, 1.54) is 11.3 Å². The monoisotopic (exact) mass is 264 g/mol. The second-order valence-corrected chi connectivity index (χ2v) is 5.78. The van der Waals surface area contributed by atoms with Crippen LogP contribution in [0, 0.1) is 6.92 Å². The molecule has 0 aliphatic heterocycles. The standard InChI is InChI=1S/C14H17ClN2O/c1-8-2-3-11-12(13(8)15)9-6-14(16,7-18)5-4-10(9)17-11/h2-3,17-18H,4-7,16H2,1H3. The van der Waals surface area contributed by atoms with Gasteiger partial charge in [0.2, 0.25) is 0 Å². The molecule has 0 fully saturated rings. The number of benzene rings is 1. The van der Waals surface area contributed by atoms with Gasteiger partial charge in [-0.15, -0.1) is 0 Å². The second-order valence-electron chi connectivity index (χ2n) is 5.40. The van der Waals surface area contributed by atoms with Gasteiger partial charge in [0.25, 0.3) is 0 Å². The Morgan fingerprint density at radius 3 is 3.00 bits per heavy atom. The average molecular weight is 265 g/mol. The highest BCUT2D eigenvalue weighted by atomic mass is 35.5. The fourth-order valence-corrected chi connectivity index (χ4v) is 3.11. The summed E-state index contributed by atoms with van der Waals surface area (Å²) in [7, 11) is 0. The lowest BCUT2D eigenvalue weighted by Gasteiger charge is -2.31. The molecule has 0 bridgehead atoms. The molecule has 1 aliphatic carbocycles. The number of hydrogen-bond donors (Lipinski definition) is 3. The lowest BCUT2D eigenvalue weighted by Crippen LogP contribution is -2.48. The number of fused-ring (bicyclic) bond motifs is 3. The second kappa shape index (κ2) is 3.98. The largest absolute Gasteiger partial charge is 0.394 e. The van der Waals surface area contributed by atoms with Crippen LogP contribution in [0.5, 0.6) is 0 Å². The maximum Gasteiger partial charge on any atom is 0.0614 e. The fraction of sp³-hybridized carbons (Fsp3) is 0.429. The third-order valence-corrected chi connectivity index (χ3v) is 4.49. The first-order valence-corrected chi connectivity index (χ1v) is 6.60. The highest BCUT2D eigenvalue weighted by Crippen LogP contribution is 2.37. The van der Waals surface area contributed by atoms with E-state index in [1.807, 2.05) is 13.0 Å². The number of aromatic nitrogens is 1. The van der Waals surface area contributed by atoms with E-state index in [9.17, 15) is 5.11 Å². The Bertz CT molecular complexity index is 620. The molecular formula is C14H17ClN2O. The summed E-state index contributed by atoms with van der Waals surface area (Å²) in [5.41, 5.74) is 10.2. The van der Waals surface area contributed by atoms with Gasteiger partial charge in [-0.25, -0.2) is 0 Å². The molecule has 1 aromatic heterocycles. The lowest BCUT2D eigenvalue weighted by atomic mass is 9.81. The summed E-state index contributed by atoms with van der Waals surface area (Å²) < 4.78 is 0. The van der Waals surface area contributed by atoms with Crippen molar-refractivity contribution in [3.8, 4) is 0 Å². The normalized spacial score (nSPS) is 23.3. The van der Waals surface area contributed by atoms with E-state index in [4.69, 9.17) is 17.3 Å². The fourth-order valence-electron chi connectivity index (χ4n) is 2.83. The Kier molecular flexibility index (Phi) is 2.66. The van der Waals surface area contributed by atoms with Crippen molar-refractivity contribution in [3.05, 3.63) is 34.0 Å². The lowest BCUT2D eigenvalue weighted by molar-refractivity contribution is 0.181. The van der Waals surface area contributed by atoms with Crippen molar-refractivity contribution in [1.82, 2.24) is 4.98 Å². The topological polar surface area (TPSA) is 62.0 Å². The number of rotatable bonds is 1. The summed E-state index contributed by atoms with van der Waals surface area (Å²) in [6.07, 6.45) is 2.36. The molecule has 1 aliphatic rings. The van der Waals surface area contributed by atoms with E-state index < -0.39 is 5.54 Å². The quantitative estimate of drug-likeness (QED) is 0.740. The first-order chi connectivity index (χ1) is 8.54. The van der Waals surface area contributed by atoms with Crippen LogP contribution in [0.3, 0.4) is 0 Å². The van der Waals surface area contributed by atoms with E-state index in [0.29, 0.717) is 6.42 Å². The van der Waals surface area contributed by atoms with Gasteiger partial charge in [0, 0.05) is 22.1 Å². The number of halogens is 1. The minimum atomic E-state index is -0.505. The maximum atomic E-state index is 9.44. The Morgan fingerprint density at radius 2 is 2.28 bits per heavy atom. The van der Waals surface area contributed by atoms with Gasteiger partial charge in [-0.3, -0.25) is 0 Å². The average Bonchev–Trinajstić information content (AvgIpc) is 2.72. The molecule has 1 atom stereocenters. The molecule has 1 unspecified atom stereocenters. The van der Waals surface area contributed by atoms with E-state index in [0.717, 1.165) is 34.3 Å². The molecule has 0 saturated carbocycles. The molecular weight excluding hydrogens is 248 g/mol. The van der Waals surface area contributed by atoms with Crippen LogP contribution in [-0.4, -0.2) is 22.2 Å². The van der Waals surface area contributed by atoms with Gasteiger partial charge in [-0.2, -0.15) is 0 Å². The zero-order valence-electron chi connectivity index (χ0n) is 10.4. The molecule has 0 radical (unpaired) electrons. The number of nitrogens with one attached hydrogen (secondary N) is 1. The van der Waals surface area contributed by atoms with Crippen molar-refractivity contribution in [2.45, 2.75) is 31.7 Å². The SMILES string of the molecule is Cc1ccc2[nH]c3c(c2c1Cl)CC(N)(CO)CC3. The summed E-state index contributed by atoms with van der Waals surface area (Å²) in [4.78, 5) is 3.42. The third kappa shape index (κ3) is 1.66. The minimum absolute atomic E-state index is 0.0164. The Labute approximate surface area is 111 Å². The van der Waals surface area contributed by atoms with Crippen molar-refractivity contribution < 1.29 is 5.11 Å². The third-order valence-electron chi connectivity index (χ3n) is 4.00. The van der Waals surface area contributed by atoms with E-state index in [1.54, 1.807) is 0 Å². The van der Waals surface area contributed by atoms with Crippen LogP contribution < -0.4 is 5.73 Å². The molecule has 0 saturated heterocycles. The van der Waals surface area contributed by atoms with Gasteiger partial charge >= 0.3 is 0 Å². The molecule has 3 nitrogen and oxygen atoms in total. The van der Waals surface area contributed by atoms with E-state index >= 15 is 0 Å². The smallest absolute Gasteiger partial charge is 0.0614 e. The highest BCUT2D eigenvalue weighted by Gasteiger charge is 2.32. The van der Waals surface area contributed by atoms with Crippen LogP contribution in [0.4, 0.5) is 0 Å². The first-order valence-electron chi connectivity index (χ1n) is 6.22. The van der Waals surface area contributed by atoms with Crippen molar-refractivity contribution in [2.24, 2.45) is 5.73 Å². The molecule has 1 heterocycles. The molecule has 0 amide bonds. The molecule has 18 heavy (non-hydrogen) atoms. The molecule has 0 spiro atoms. The number of aryl methyl sites for hydroxylation is 2. The van der Waals surface area contributed by atoms with Crippen molar-refractivity contribution >= 4 is 22.5 Å². The maximum absolute atomic E-state index is 9.44. The first kappa shape index (κ1) is 12.0. The number of H-pyrrole nitrogens is 1. The minimum Gasteiger partial charge on any atom is -0.394 e. The summed E-state index contributed by atoms with van der Waals surface area (Å²) in [6.45, 7) is 2.02. The molecule has 96 valence electrons. The molecule has 4 heteroatoms. The van der Waals surface area contributed by atoms with Gasteiger partial charge in [0.15, 0.2) is 0 Å². The molecule has 1 aromatic carbocycles. The van der Waals surface area contributed by atoms with Crippen LogP contribution in [0.15, 0.2) is 12.1 Å².